The van der Waals surface area contributed by atoms with Crippen LogP contribution in [-0.2, 0) is 24.1 Å². The lowest BCUT2D eigenvalue weighted by Gasteiger charge is -2.11. The van der Waals surface area contributed by atoms with E-state index in [2.05, 4.69) is 20.6 Å². The van der Waals surface area contributed by atoms with Crippen LogP contribution >= 0.6 is 11.3 Å². The summed E-state index contributed by atoms with van der Waals surface area (Å²) in [6, 6.07) is 7.69. The number of halogens is 3. The van der Waals surface area contributed by atoms with Crippen LogP contribution in [0, 0.1) is 0 Å². The first kappa shape index (κ1) is 23.0. The maximum Gasteiger partial charge on any atom is 0.434 e. The number of thiazole rings is 1. The van der Waals surface area contributed by atoms with Crippen molar-refractivity contribution < 1.29 is 22.6 Å². The highest BCUT2D eigenvalue weighted by Crippen LogP contribution is 2.30. The minimum atomic E-state index is -4.42. The highest BCUT2D eigenvalue weighted by Gasteiger charge is 2.33. The molecule has 29 heavy (non-hydrogen) atoms. The molecular weight excluding hydrogens is 405 g/mol. The summed E-state index contributed by atoms with van der Waals surface area (Å²) >= 11 is 0.950. The molecule has 0 spiro atoms. The molecule has 0 aliphatic heterocycles. The average molecular weight is 430 g/mol. The van der Waals surface area contributed by atoms with Gasteiger partial charge in [-0.1, -0.05) is 12.1 Å². The van der Waals surface area contributed by atoms with Crippen molar-refractivity contribution in [1.82, 2.24) is 15.6 Å². The summed E-state index contributed by atoms with van der Waals surface area (Å²) in [5, 5.41) is 7.52. The summed E-state index contributed by atoms with van der Waals surface area (Å²) in [5.41, 5.74) is 0.190. The fourth-order valence-corrected chi connectivity index (χ4v) is 3.02. The molecular formula is C19H25F3N4O2S. The van der Waals surface area contributed by atoms with E-state index < -0.39 is 11.9 Å². The van der Waals surface area contributed by atoms with Gasteiger partial charge in [0.1, 0.15) is 10.8 Å². The fourth-order valence-electron chi connectivity index (χ4n) is 2.29. The van der Waals surface area contributed by atoms with Gasteiger partial charge in [0.05, 0.1) is 20.3 Å². The smallest absolute Gasteiger partial charge is 0.434 e. The minimum Gasteiger partial charge on any atom is -0.497 e. The molecule has 1 aromatic carbocycles. The van der Waals surface area contributed by atoms with E-state index in [9.17, 15) is 13.2 Å². The lowest BCUT2D eigenvalue weighted by atomic mass is 10.2. The van der Waals surface area contributed by atoms with Crippen LogP contribution in [0.1, 0.15) is 29.6 Å². The molecule has 160 valence electrons. The number of nitrogens with one attached hydrogen (secondary N) is 2. The number of ether oxygens (including phenoxy) is 2. The first-order chi connectivity index (χ1) is 13.9. The molecule has 0 amide bonds. The maximum absolute atomic E-state index is 12.6. The molecule has 0 radical (unpaired) electrons. The molecule has 0 atom stereocenters. The number of hydrogen-bond donors (Lipinski definition) is 2. The number of guanidine groups is 1. The van der Waals surface area contributed by atoms with Gasteiger partial charge in [-0.3, -0.25) is 0 Å². The molecule has 2 aromatic rings. The predicted molar refractivity (Wildman–Crippen MR) is 107 cm³/mol. The number of benzene rings is 1. The second-order valence-corrected chi connectivity index (χ2v) is 6.94. The van der Waals surface area contributed by atoms with Crippen molar-refractivity contribution in [3.05, 3.63) is 45.9 Å². The Labute approximate surface area is 172 Å². The third-order valence-electron chi connectivity index (χ3n) is 3.74. The van der Waals surface area contributed by atoms with E-state index in [4.69, 9.17) is 9.47 Å². The van der Waals surface area contributed by atoms with Crippen molar-refractivity contribution in [1.29, 1.82) is 0 Å². The van der Waals surface area contributed by atoms with E-state index in [1.165, 1.54) is 0 Å². The van der Waals surface area contributed by atoms with Crippen molar-refractivity contribution >= 4 is 17.3 Å². The topological polar surface area (TPSA) is 67.8 Å². The third kappa shape index (κ3) is 8.28. The van der Waals surface area contributed by atoms with Gasteiger partial charge < -0.3 is 20.1 Å². The van der Waals surface area contributed by atoms with Gasteiger partial charge in [-0.25, -0.2) is 9.98 Å². The van der Waals surface area contributed by atoms with Gasteiger partial charge in [0.25, 0.3) is 0 Å². The lowest BCUT2D eigenvalue weighted by molar-refractivity contribution is -0.140. The summed E-state index contributed by atoms with van der Waals surface area (Å²) in [7, 11) is 1.63. The molecule has 1 heterocycles. The quantitative estimate of drug-likeness (QED) is 0.341. The van der Waals surface area contributed by atoms with Gasteiger partial charge in [0, 0.05) is 25.1 Å². The summed E-state index contributed by atoms with van der Waals surface area (Å²) in [5.74, 6) is 1.34. The van der Waals surface area contributed by atoms with Crippen molar-refractivity contribution in [3.63, 3.8) is 0 Å². The molecule has 0 saturated heterocycles. The molecule has 10 heteroatoms. The molecule has 2 N–H and O–H groups in total. The SMILES string of the molecule is CCNC(=NCc1nc(C(F)(F)F)cs1)NCCCOCc1ccc(OC)cc1. The second-order valence-electron chi connectivity index (χ2n) is 6.00. The number of methoxy groups -OCH3 is 1. The number of rotatable bonds is 10. The predicted octanol–water partition coefficient (Wildman–Crippen LogP) is 3.83. The van der Waals surface area contributed by atoms with Crippen LogP contribution in [0.3, 0.4) is 0 Å². The zero-order chi connectivity index (χ0) is 21.1. The number of nitrogens with zero attached hydrogens (tertiary/aromatic N) is 2. The van der Waals surface area contributed by atoms with Crippen molar-refractivity contribution in [3.8, 4) is 5.75 Å². The van der Waals surface area contributed by atoms with Crippen LogP contribution in [0.25, 0.3) is 0 Å². The zero-order valence-electron chi connectivity index (χ0n) is 16.4. The summed E-state index contributed by atoms with van der Waals surface area (Å²) in [4.78, 5) is 7.86. The Hall–Kier alpha value is -2.33. The van der Waals surface area contributed by atoms with Gasteiger partial charge >= 0.3 is 6.18 Å². The highest BCUT2D eigenvalue weighted by atomic mass is 32.1. The van der Waals surface area contributed by atoms with E-state index in [1.54, 1.807) is 7.11 Å². The second kappa shape index (κ2) is 11.6. The van der Waals surface area contributed by atoms with Crippen LogP contribution in [0.5, 0.6) is 5.75 Å². The van der Waals surface area contributed by atoms with Crippen LogP contribution in [0.2, 0.25) is 0 Å². The summed E-state index contributed by atoms with van der Waals surface area (Å²) in [6.07, 6.45) is -3.66. The van der Waals surface area contributed by atoms with Crippen LogP contribution < -0.4 is 15.4 Å². The number of hydrogen-bond acceptors (Lipinski definition) is 5. The number of aromatic nitrogens is 1. The molecule has 0 unspecified atom stereocenters. The van der Waals surface area contributed by atoms with Gasteiger partial charge in [0.15, 0.2) is 11.7 Å². The molecule has 0 bridgehead atoms. The van der Waals surface area contributed by atoms with Gasteiger partial charge in [-0.05, 0) is 31.0 Å². The third-order valence-corrected chi connectivity index (χ3v) is 4.58. The van der Waals surface area contributed by atoms with E-state index >= 15 is 0 Å². The molecule has 0 aliphatic carbocycles. The normalized spacial score (nSPS) is 12.1. The van der Waals surface area contributed by atoms with E-state index in [-0.39, 0.29) is 6.54 Å². The molecule has 0 aliphatic rings. The van der Waals surface area contributed by atoms with Crippen molar-refractivity contribution in [2.75, 3.05) is 26.8 Å². The first-order valence-electron chi connectivity index (χ1n) is 9.16. The molecule has 0 fully saturated rings. The standard InChI is InChI=1S/C19H25F3N4O2S/c1-3-23-18(25-11-17-26-16(13-29-17)19(20,21)22)24-9-4-10-28-12-14-5-7-15(27-2)8-6-14/h5-8,13H,3-4,9-12H2,1-2H3,(H2,23,24,25). The Bertz CT molecular complexity index is 764. The summed E-state index contributed by atoms with van der Waals surface area (Å²) < 4.78 is 48.6. The fraction of sp³-hybridized carbons (Fsp3) is 0.474. The van der Waals surface area contributed by atoms with Gasteiger partial charge in [-0.2, -0.15) is 13.2 Å². The monoisotopic (exact) mass is 430 g/mol. The van der Waals surface area contributed by atoms with Gasteiger partial charge in [0.2, 0.25) is 0 Å². The largest absolute Gasteiger partial charge is 0.497 e. The minimum absolute atomic E-state index is 0.0874. The maximum atomic E-state index is 12.6. The Morgan fingerprint density at radius 3 is 2.59 bits per heavy atom. The highest BCUT2D eigenvalue weighted by molar-refractivity contribution is 7.09. The van der Waals surface area contributed by atoms with Crippen LogP contribution in [0.4, 0.5) is 13.2 Å². The van der Waals surface area contributed by atoms with Gasteiger partial charge in [-0.15, -0.1) is 11.3 Å². The number of alkyl halides is 3. The Morgan fingerprint density at radius 2 is 1.97 bits per heavy atom. The van der Waals surface area contributed by atoms with Crippen LogP contribution in [0.15, 0.2) is 34.6 Å². The number of aliphatic imine (C=N–C) groups is 1. The Balaban J connectivity index is 1.70. The van der Waals surface area contributed by atoms with E-state index in [0.717, 1.165) is 34.5 Å². The van der Waals surface area contributed by atoms with Crippen molar-refractivity contribution in [2.45, 2.75) is 32.7 Å². The molecule has 1 aromatic heterocycles. The molecule has 6 nitrogen and oxygen atoms in total. The first-order valence-corrected chi connectivity index (χ1v) is 10.0. The zero-order valence-corrected chi connectivity index (χ0v) is 17.2. The Kier molecular flexibility index (Phi) is 9.20. The Morgan fingerprint density at radius 1 is 1.21 bits per heavy atom. The molecule has 2 rings (SSSR count). The molecule has 0 saturated carbocycles. The average Bonchev–Trinajstić information content (AvgIpc) is 3.18. The van der Waals surface area contributed by atoms with E-state index in [1.807, 2.05) is 31.2 Å². The lowest BCUT2D eigenvalue weighted by Crippen LogP contribution is -2.38. The summed E-state index contributed by atoms with van der Waals surface area (Å²) in [6.45, 7) is 4.36. The van der Waals surface area contributed by atoms with Crippen molar-refractivity contribution in [2.24, 2.45) is 4.99 Å². The van der Waals surface area contributed by atoms with Crippen LogP contribution in [-0.4, -0.2) is 37.7 Å². The van der Waals surface area contributed by atoms with E-state index in [0.29, 0.717) is 37.3 Å².